The Morgan fingerprint density at radius 1 is 1.50 bits per heavy atom. The first kappa shape index (κ1) is 9.96. The van der Waals surface area contributed by atoms with Gasteiger partial charge in [0.15, 0.2) is 0 Å². The fraction of sp³-hybridized carbons (Fsp3) is 1.00. The second kappa shape index (κ2) is 4.21. The van der Waals surface area contributed by atoms with Crippen LogP contribution in [0.5, 0.6) is 0 Å². The summed E-state index contributed by atoms with van der Waals surface area (Å²) in [5.74, 6) is 0. The molecule has 1 heterocycles. The maximum atomic E-state index is 5.60. The maximum absolute atomic E-state index is 5.60. The highest BCUT2D eigenvalue weighted by Gasteiger charge is 2.17. The molecule has 1 atom stereocenters. The second-order valence-electron chi connectivity index (χ2n) is 4.12. The highest BCUT2D eigenvalue weighted by Crippen LogP contribution is 2.08. The monoisotopic (exact) mass is 173 g/mol. The van der Waals surface area contributed by atoms with E-state index < -0.39 is 0 Å². The number of hydrogen-bond donors (Lipinski definition) is 1. The van der Waals surface area contributed by atoms with Crippen LogP contribution in [-0.4, -0.2) is 38.0 Å². The summed E-state index contributed by atoms with van der Waals surface area (Å²) in [5, 5.41) is 3.27. The molecule has 3 heteroatoms. The molecule has 0 spiro atoms. The Kier molecular flexibility index (Phi) is 3.50. The molecule has 1 N–H and O–H groups in total. The molecule has 1 saturated heterocycles. The van der Waals surface area contributed by atoms with E-state index in [4.69, 9.17) is 9.47 Å². The summed E-state index contributed by atoms with van der Waals surface area (Å²) in [4.78, 5) is 0. The van der Waals surface area contributed by atoms with Gasteiger partial charge in [0.1, 0.15) is 0 Å². The van der Waals surface area contributed by atoms with Crippen LogP contribution in [0.15, 0.2) is 0 Å². The van der Waals surface area contributed by atoms with Gasteiger partial charge in [-0.25, -0.2) is 0 Å². The molecule has 0 aromatic carbocycles. The Morgan fingerprint density at radius 2 is 2.25 bits per heavy atom. The molecule has 72 valence electrons. The molecule has 0 aromatic heterocycles. The van der Waals surface area contributed by atoms with E-state index in [1.165, 1.54) is 0 Å². The number of morpholine rings is 1. The van der Waals surface area contributed by atoms with Gasteiger partial charge in [0.25, 0.3) is 0 Å². The van der Waals surface area contributed by atoms with Crippen LogP contribution in [0.2, 0.25) is 0 Å². The van der Waals surface area contributed by atoms with Crippen molar-refractivity contribution in [2.45, 2.75) is 32.5 Å². The minimum absolute atomic E-state index is 0.0548. The van der Waals surface area contributed by atoms with Crippen molar-refractivity contribution in [2.75, 3.05) is 26.3 Å². The molecule has 12 heavy (non-hydrogen) atoms. The lowest BCUT2D eigenvalue weighted by molar-refractivity contribution is -0.0803. The summed E-state index contributed by atoms with van der Waals surface area (Å²) < 4.78 is 11.1. The van der Waals surface area contributed by atoms with Gasteiger partial charge in [-0.3, -0.25) is 0 Å². The van der Waals surface area contributed by atoms with E-state index in [-0.39, 0.29) is 11.7 Å². The molecule has 1 aliphatic heterocycles. The zero-order chi connectivity index (χ0) is 9.03. The summed E-state index contributed by atoms with van der Waals surface area (Å²) in [7, 11) is 0. The van der Waals surface area contributed by atoms with Crippen LogP contribution >= 0.6 is 0 Å². The predicted molar refractivity (Wildman–Crippen MR) is 48.3 cm³/mol. The molecule has 1 aliphatic rings. The van der Waals surface area contributed by atoms with Gasteiger partial charge in [-0.2, -0.15) is 0 Å². The molecule has 0 bridgehead atoms. The Morgan fingerprint density at radius 3 is 2.75 bits per heavy atom. The lowest BCUT2D eigenvalue weighted by Gasteiger charge is -2.27. The highest BCUT2D eigenvalue weighted by molar-refractivity contribution is 4.68. The topological polar surface area (TPSA) is 30.5 Å². The molecule has 0 aromatic rings. The smallest absolute Gasteiger partial charge is 0.0933 e. The maximum Gasteiger partial charge on any atom is 0.0933 e. The minimum atomic E-state index is -0.0548. The fourth-order valence-corrected chi connectivity index (χ4v) is 1.07. The zero-order valence-corrected chi connectivity index (χ0v) is 8.22. The third-order valence-corrected chi connectivity index (χ3v) is 1.71. The van der Waals surface area contributed by atoms with Gasteiger partial charge < -0.3 is 14.8 Å². The van der Waals surface area contributed by atoms with Gasteiger partial charge in [0, 0.05) is 13.1 Å². The fourth-order valence-electron chi connectivity index (χ4n) is 1.07. The quantitative estimate of drug-likeness (QED) is 0.669. The molecule has 3 nitrogen and oxygen atoms in total. The van der Waals surface area contributed by atoms with Crippen LogP contribution in [0.1, 0.15) is 20.8 Å². The van der Waals surface area contributed by atoms with Crippen molar-refractivity contribution in [3.8, 4) is 0 Å². The first-order valence-electron chi connectivity index (χ1n) is 4.54. The van der Waals surface area contributed by atoms with Crippen molar-refractivity contribution in [3.05, 3.63) is 0 Å². The zero-order valence-electron chi connectivity index (χ0n) is 8.22. The number of ether oxygens (including phenoxy) is 2. The van der Waals surface area contributed by atoms with Crippen molar-refractivity contribution < 1.29 is 9.47 Å². The van der Waals surface area contributed by atoms with E-state index in [1.54, 1.807) is 0 Å². The lowest BCUT2D eigenvalue weighted by atomic mass is 10.2. The molecule has 1 rings (SSSR count). The van der Waals surface area contributed by atoms with Crippen LogP contribution < -0.4 is 5.32 Å². The third kappa shape index (κ3) is 4.04. The molecule has 0 unspecified atom stereocenters. The van der Waals surface area contributed by atoms with E-state index in [9.17, 15) is 0 Å². The Bertz CT molecular complexity index is 125. The highest BCUT2D eigenvalue weighted by atomic mass is 16.5. The molecular formula is C9H19NO2. The Hall–Kier alpha value is -0.120. The van der Waals surface area contributed by atoms with Gasteiger partial charge in [-0.1, -0.05) is 0 Å². The van der Waals surface area contributed by atoms with Gasteiger partial charge in [-0.15, -0.1) is 0 Å². The predicted octanol–water partition coefficient (Wildman–Crippen LogP) is 0.790. The molecule has 0 amide bonds. The molecule has 0 saturated carbocycles. The van der Waals surface area contributed by atoms with E-state index in [1.807, 2.05) is 0 Å². The van der Waals surface area contributed by atoms with Crippen molar-refractivity contribution in [1.29, 1.82) is 0 Å². The van der Waals surface area contributed by atoms with Gasteiger partial charge in [0.2, 0.25) is 0 Å². The first-order chi connectivity index (χ1) is 5.58. The number of nitrogens with one attached hydrogen (secondary N) is 1. The molecule has 0 aliphatic carbocycles. The Balaban J connectivity index is 2.13. The third-order valence-electron chi connectivity index (χ3n) is 1.71. The first-order valence-corrected chi connectivity index (χ1v) is 4.54. The molecular weight excluding hydrogens is 154 g/mol. The summed E-state index contributed by atoms with van der Waals surface area (Å²) in [6.45, 7) is 9.55. The van der Waals surface area contributed by atoms with Crippen molar-refractivity contribution in [1.82, 2.24) is 5.32 Å². The standard InChI is InChI=1S/C9H19NO2/c1-9(2,3)12-7-8-6-10-4-5-11-8/h8,10H,4-7H2,1-3H3/t8-/m0/s1. The van der Waals surface area contributed by atoms with Crippen LogP contribution in [0.4, 0.5) is 0 Å². The number of hydrogen-bond acceptors (Lipinski definition) is 3. The van der Waals surface area contributed by atoms with Gasteiger partial charge in [0.05, 0.1) is 24.9 Å². The second-order valence-corrected chi connectivity index (χ2v) is 4.12. The SMILES string of the molecule is CC(C)(C)OC[C@@H]1CNCCO1. The van der Waals surface area contributed by atoms with Gasteiger partial charge >= 0.3 is 0 Å². The molecule has 1 fully saturated rings. The Labute approximate surface area is 74.4 Å². The number of rotatable bonds is 2. The summed E-state index contributed by atoms with van der Waals surface area (Å²) in [6, 6.07) is 0. The van der Waals surface area contributed by atoms with Gasteiger partial charge in [-0.05, 0) is 20.8 Å². The van der Waals surface area contributed by atoms with E-state index in [0.717, 1.165) is 19.7 Å². The average molecular weight is 173 g/mol. The average Bonchev–Trinajstić information content (AvgIpc) is 2.02. The van der Waals surface area contributed by atoms with Crippen LogP contribution in [0, 0.1) is 0 Å². The van der Waals surface area contributed by atoms with Crippen molar-refractivity contribution in [3.63, 3.8) is 0 Å². The summed E-state index contributed by atoms with van der Waals surface area (Å²) in [5.41, 5.74) is -0.0548. The van der Waals surface area contributed by atoms with E-state index in [2.05, 4.69) is 26.1 Å². The van der Waals surface area contributed by atoms with Crippen LogP contribution in [-0.2, 0) is 9.47 Å². The summed E-state index contributed by atoms with van der Waals surface area (Å²) >= 11 is 0. The normalized spacial score (nSPS) is 25.8. The van der Waals surface area contributed by atoms with Crippen molar-refractivity contribution >= 4 is 0 Å². The summed E-state index contributed by atoms with van der Waals surface area (Å²) in [6.07, 6.45) is 0.234. The van der Waals surface area contributed by atoms with Crippen LogP contribution in [0.3, 0.4) is 0 Å². The molecule has 0 radical (unpaired) electrons. The lowest BCUT2D eigenvalue weighted by Crippen LogP contribution is -2.42. The minimum Gasteiger partial charge on any atom is -0.373 e. The van der Waals surface area contributed by atoms with Crippen LogP contribution in [0.25, 0.3) is 0 Å². The van der Waals surface area contributed by atoms with E-state index >= 15 is 0 Å². The largest absolute Gasteiger partial charge is 0.373 e. The van der Waals surface area contributed by atoms with Crippen molar-refractivity contribution in [2.24, 2.45) is 0 Å². The van der Waals surface area contributed by atoms with E-state index in [0.29, 0.717) is 6.61 Å².